The summed E-state index contributed by atoms with van der Waals surface area (Å²) in [4.78, 5) is 11.2. The number of aryl methyl sites for hydroxylation is 1. The van der Waals surface area contributed by atoms with Crippen LogP contribution in [0.5, 0.6) is 0 Å². The van der Waals surface area contributed by atoms with Crippen LogP contribution in [0.3, 0.4) is 0 Å². The number of hydrogen-bond acceptors (Lipinski definition) is 4. The van der Waals surface area contributed by atoms with E-state index in [0.29, 0.717) is 5.56 Å². The number of nitrogens with one attached hydrogen (secondary N) is 1. The molecule has 0 amide bonds. The number of rotatable bonds is 4. The van der Waals surface area contributed by atoms with Crippen LogP contribution in [-0.2, 0) is 10.0 Å². The molecular weight excluding hydrogens is 413 g/mol. The molecule has 2 N–H and O–H groups in total. The first-order valence-electron chi connectivity index (χ1n) is 5.41. The molecule has 0 spiro atoms. The van der Waals surface area contributed by atoms with E-state index < -0.39 is 16.0 Å². The molecule has 2 aromatic rings. The Kier molecular flexibility index (Phi) is 4.35. The molecular formula is C12H10INO4S2. The smallest absolute Gasteiger partial charge is 0.348 e. The minimum absolute atomic E-state index is 0.0170. The topological polar surface area (TPSA) is 83.5 Å². The first-order valence-corrected chi connectivity index (χ1v) is 8.85. The second-order valence-electron chi connectivity index (χ2n) is 3.99. The molecule has 0 aliphatic carbocycles. The normalized spacial score (nSPS) is 11.3. The predicted octanol–water partition coefficient (Wildman–Crippen LogP) is 3.16. The average Bonchev–Trinajstić information content (AvgIpc) is 2.71. The molecule has 0 aliphatic heterocycles. The third kappa shape index (κ3) is 3.13. The number of hydrogen-bond donors (Lipinski definition) is 2. The Balaban J connectivity index is 2.41. The summed E-state index contributed by atoms with van der Waals surface area (Å²) in [6.07, 6.45) is 0. The second kappa shape index (κ2) is 5.70. The monoisotopic (exact) mass is 423 g/mol. The highest BCUT2D eigenvalue weighted by atomic mass is 127. The van der Waals surface area contributed by atoms with Gasteiger partial charge in [0.2, 0.25) is 0 Å². The van der Waals surface area contributed by atoms with Crippen LogP contribution < -0.4 is 4.72 Å². The summed E-state index contributed by atoms with van der Waals surface area (Å²) >= 11 is 3.07. The number of aromatic carboxylic acids is 1. The number of carboxylic acids is 1. The Morgan fingerprint density at radius 1 is 1.30 bits per heavy atom. The molecule has 8 heteroatoms. The van der Waals surface area contributed by atoms with Crippen molar-refractivity contribution in [1.29, 1.82) is 0 Å². The minimum atomic E-state index is -3.79. The molecule has 0 saturated carbocycles. The van der Waals surface area contributed by atoms with E-state index in [9.17, 15) is 13.2 Å². The van der Waals surface area contributed by atoms with Gasteiger partial charge in [-0.3, -0.25) is 4.72 Å². The van der Waals surface area contributed by atoms with Crippen molar-refractivity contribution in [3.63, 3.8) is 0 Å². The summed E-state index contributed by atoms with van der Waals surface area (Å²) in [5.41, 5.74) is 0.711. The van der Waals surface area contributed by atoms with Crippen molar-refractivity contribution in [2.24, 2.45) is 0 Å². The molecule has 0 atom stereocenters. The lowest BCUT2D eigenvalue weighted by Crippen LogP contribution is -2.15. The SMILES string of the molecule is Cc1csc(C(=O)O)c1NS(=O)(=O)c1ccc(I)cc1. The lowest BCUT2D eigenvalue weighted by Gasteiger charge is -2.09. The molecule has 20 heavy (non-hydrogen) atoms. The largest absolute Gasteiger partial charge is 0.477 e. The molecule has 0 bridgehead atoms. The van der Waals surface area contributed by atoms with Gasteiger partial charge < -0.3 is 5.11 Å². The molecule has 1 aromatic carbocycles. The third-order valence-electron chi connectivity index (χ3n) is 2.53. The van der Waals surface area contributed by atoms with Gasteiger partial charge in [0.05, 0.1) is 10.6 Å². The Bertz CT molecular complexity index is 750. The molecule has 1 heterocycles. The van der Waals surface area contributed by atoms with Crippen LogP contribution in [0.15, 0.2) is 34.5 Å². The summed E-state index contributed by atoms with van der Waals surface area (Å²) < 4.78 is 27.7. The van der Waals surface area contributed by atoms with Crippen LogP contribution in [-0.4, -0.2) is 19.5 Å². The molecule has 106 valence electrons. The van der Waals surface area contributed by atoms with Gasteiger partial charge in [-0.2, -0.15) is 0 Å². The van der Waals surface area contributed by atoms with Crippen LogP contribution in [0.4, 0.5) is 5.69 Å². The van der Waals surface area contributed by atoms with Gasteiger partial charge in [0.25, 0.3) is 10.0 Å². The summed E-state index contributed by atoms with van der Waals surface area (Å²) in [6.45, 7) is 1.66. The average molecular weight is 423 g/mol. The molecule has 0 radical (unpaired) electrons. The van der Waals surface area contributed by atoms with Crippen molar-refractivity contribution in [2.45, 2.75) is 11.8 Å². The maximum Gasteiger partial charge on any atom is 0.348 e. The van der Waals surface area contributed by atoms with Crippen molar-refractivity contribution < 1.29 is 18.3 Å². The number of sulfonamides is 1. The summed E-state index contributed by atoms with van der Waals surface area (Å²) in [5.74, 6) is -1.15. The molecule has 0 saturated heterocycles. The van der Waals surface area contributed by atoms with Crippen LogP contribution in [0.1, 0.15) is 15.2 Å². The number of carbonyl (C=O) groups is 1. The van der Waals surface area contributed by atoms with E-state index >= 15 is 0 Å². The van der Waals surface area contributed by atoms with Crippen LogP contribution >= 0.6 is 33.9 Å². The van der Waals surface area contributed by atoms with Gasteiger partial charge >= 0.3 is 5.97 Å². The Hall–Kier alpha value is -1.13. The summed E-state index contributed by atoms with van der Waals surface area (Å²) in [7, 11) is -3.79. The van der Waals surface area contributed by atoms with E-state index in [2.05, 4.69) is 27.3 Å². The quantitative estimate of drug-likeness (QED) is 0.741. The van der Waals surface area contributed by atoms with Crippen molar-refractivity contribution in [3.8, 4) is 0 Å². The summed E-state index contributed by atoms with van der Waals surface area (Å²) in [6, 6.07) is 6.31. The second-order valence-corrected chi connectivity index (χ2v) is 7.80. The standard InChI is InChI=1S/C12H10INO4S2/c1-7-6-19-11(12(15)16)10(7)14-20(17,18)9-4-2-8(13)3-5-9/h2-6,14H,1H3,(H,15,16). The summed E-state index contributed by atoms with van der Waals surface area (Å²) in [5, 5.41) is 10.7. The van der Waals surface area contributed by atoms with E-state index in [0.717, 1.165) is 14.9 Å². The van der Waals surface area contributed by atoms with E-state index in [1.165, 1.54) is 12.1 Å². The van der Waals surface area contributed by atoms with Crippen molar-refractivity contribution in [1.82, 2.24) is 0 Å². The number of benzene rings is 1. The third-order valence-corrected chi connectivity index (χ3v) is 5.70. The lowest BCUT2D eigenvalue weighted by atomic mass is 10.3. The molecule has 0 unspecified atom stereocenters. The maximum absolute atomic E-state index is 12.2. The highest BCUT2D eigenvalue weighted by Gasteiger charge is 2.21. The molecule has 1 aromatic heterocycles. The van der Waals surface area contributed by atoms with Gasteiger partial charge in [-0.1, -0.05) is 0 Å². The molecule has 0 fully saturated rings. The predicted molar refractivity (Wildman–Crippen MR) is 86.0 cm³/mol. The van der Waals surface area contributed by atoms with Gasteiger partial charge in [0.1, 0.15) is 4.88 Å². The number of anilines is 1. The number of halogens is 1. The van der Waals surface area contributed by atoms with E-state index in [1.807, 2.05) is 0 Å². The Labute approximate surface area is 133 Å². The van der Waals surface area contributed by atoms with Crippen molar-refractivity contribution >= 4 is 55.6 Å². The maximum atomic E-state index is 12.2. The zero-order valence-electron chi connectivity index (χ0n) is 10.3. The molecule has 2 rings (SSSR count). The Morgan fingerprint density at radius 3 is 2.45 bits per heavy atom. The zero-order chi connectivity index (χ0) is 14.9. The first kappa shape index (κ1) is 15.3. The highest BCUT2D eigenvalue weighted by molar-refractivity contribution is 14.1. The zero-order valence-corrected chi connectivity index (χ0v) is 14.0. The van der Waals surface area contributed by atoms with Crippen molar-refractivity contribution in [3.05, 3.63) is 43.7 Å². The number of carboxylic acid groups (broad SMARTS) is 1. The van der Waals surface area contributed by atoms with Gasteiger partial charge in [0.15, 0.2) is 0 Å². The molecule has 0 aliphatic rings. The number of thiophene rings is 1. The van der Waals surface area contributed by atoms with E-state index in [1.54, 1.807) is 24.4 Å². The van der Waals surface area contributed by atoms with E-state index in [-0.39, 0.29) is 15.5 Å². The first-order chi connectivity index (χ1) is 9.31. The van der Waals surface area contributed by atoms with Gasteiger partial charge in [-0.25, -0.2) is 13.2 Å². The van der Waals surface area contributed by atoms with Crippen LogP contribution in [0, 0.1) is 10.5 Å². The van der Waals surface area contributed by atoms with Crippen LogP contribution in [0.25, 0.3) is 0 Å². The van der Waals surface area contributed by atoms with Crippen molar-refractivity contribution in [2.75, 3.05) is 4.72 Å². The Morgan fingerprint density at radius 2 is 1.90 bits per heavy atom. The fourth-order valence-corrected chi connectivity index (χ4v) is 3.95. The minimum Gasteiger partial charge on any atom is -0.477 e. The fraction of sp³-hybridized carbons (Fsp3) is 0.0833. The van der Waals surface area contributed by atoms with Gasteiger partial charge in [0, 0.05) is 3.57 Å². The van der Waals surface area contributed by atoms with Gasteiger partial charge in [-0.15, -0.1) is 11.3 Å². The van der Waals surface area contributed by atoms with Gasteiger partial charge in [-0.05, 0) is 64.7 Å². The molecule has 5 nitrogen and oxygen atoms in total. The fourth-order valence-electron chi connectivity index (χ4n) is 1.54. The van der Waals surface area contributed by atoms with Crippen LogP contribution in [0.2, 0.25) is 0 Å². The lowest BCUT2D eigenvalue weighted by molar-refractivity contribution is 0.0703. The van der Waals surface area contributed by atoms with E-state index in [4.69, 9.17) is 5.11 Å². The highest BCUT2D eigenvalue weighted by Crippen LogP contribution is 2.29.